The molecule has 0 saturated carbocycles. The van der Waals surface area contributed by atoms with E-state index in [1.807, 2.05) is 0 Å². The van der Waals surface area contributed by atoms with Crippen LogP contribution in [0.1, 0.15) is 12.8 Å². The van der Waals surface area contributed by atoms with E-state index in [9.17, 15) is 22.9 Å². The van der Waals surface area contributed by atoms with Gasteiger partial charge in [0.25, 0.3) is 0 Å². The lowest BCUT2D eigenvalue weighted by atomic mass is 10.1. The normalized spacial score (nSPS) is 19.5. The van der Waals surface area contributed by atoms with E-state index >= 15 is 0 Å². The molecule has 1 aromatic carbocycles. The van der Waals surface area contributed by atoms with Gasteiger partial charge in [0.2, 0.25) is 15.8 Å². The number of nitro groups is 1. The van der Waals surface area contributed by atoms with Gasteiger partial charge in [0, 0.05) is 19.1 Å². The van der Waals surface area contributed by atoms with Crippen LogP contribution in [0.2, 0.25) is 0 Å². The van der Waals surface area contributed by atoms with Gasteiger partial charge in [-0.2, -0.15) is 4.39 Å². The molecule has 9 heteroatoms. The Hall–Kier alpha value is -1.74. The van der Waals surface area contributed by atoms with E-state index in [-0.39, 0.29) is 18.3 Å². The van der Waals surface area contributed by atoms with E-state index in [1.54, 1.807) is 4.90 Å². The van der Waals surface area contributed by atoms with E-state index in [4.69, 9.17) is 0 Å². The van der Waals surface area contributed by atoms with Crippen molar-refractivity contribution in [2.24, 2.45) is 0 Å². The van der Waals surface area contributed by atoms with Crippen molar-refractivity contribution in [2.45, 2.75) is 18.9 Å². The molecular weight excluding hydrogens is 301 g/mol. The molecule has 0 aromatic heterocycles. The predicted molar refractivity (Wildman–Crippen MR) is 76.3 cm³/mol. The van der Waals surface area contributed by atoms with Gasteiger partial charge in [-0.05, 0) is 25.0 Å². The summed E-state index contributed by atoms with van der Waals surface area (Å²) in [6.07, 6.45) is 2.38. The number of halogens is 1. The van der Waals surface area contributed by atoms with Crippen molar-refractivity contribution in [3.8, 4) is 0 Å². The smallest absolute Gasteiger partial charge is 0.327 e. The van der Waals surface area contributed by atoms with Gasteiger partial charge in [0.05, 0.1) is 11.2 Å². The molecule has 0 aliphatic carbocycles. The molecule has 1 heterocycles. The van der Waals surface area contributed by atoms with Crippen molar-refractivity contribution < 1.29 is 17.7 Å². The quantitative estimate of drug-likeness (QED) is 0.666. The third kappa shape index (κ3) is 3.88. The standard InChI is InChI=1S/C12H16FN3O4S/c1-21(19,20)14-9-4-3-7-15(8-9)11-6-2-5-10(13)12(11)16(17)18/h2,5-6,9,14H,3-4,7-8H2,1H3/t9-/m0/s1. The molecule has 1 aromatic rings. The molecule has 1 fully saturated rings. The molecule has 1 aliphatic heterocycles. The zero-order valence-electron chi connectivity index (χ0n) is 11.5. The van der Waals surface area contributed by atoms with Crippen molar-refractivity contribution in [3.63, 3.8) is 0 Å². The van der Waals surface area contributed by atoms with Crippen LogP contribution in [0, 0.1) is 15.9 Å². The number of anilines is 1. The van der Waals surface area contributed by atoms with Gasteiger partial charge in [0.1, 0.15) is 5.69 Å². The Kier molecular flexibility index (Phi) is 4.43. The van der Waals surface area contributed by atoms with Gasteiger partial charge < -0.3 is 4.90 Å². The largest absolute Gasteiger partial charge is 0.364 e. The highest BCUT2D eigenvalue weighted by molar-refractivity contribution is 7.88. The van der Waals surface area contributed by atoms with E-state index in [0.29, 0.717) is 19.4 Å². The summed E-state index contributed by atoms with van der Waals surface area (Å²) < 4.78 is 38.7. The highest BCUT2D eigenvalue weighted by Gasteiger charge is 2.29. The second kappa shape index (κ2) is 5.94. The number of sulfonamides is 1. The Morgan fingerprint density at radius 2 is 2.19 bits per heavy atom. The molecule has 116 valence electrons. The van der Waals surface area contributed by atoms with Crippen LogP contribution in [0.5, 0.6) is 0 Å². The van der Waals surface area contributed by atoms with Crippen LogP contribution in [0.15, 0.2) is 18.2 Å². The number of benzene rings is 1. The number of para-hydroxylation sites is 1. The summed E-state index contributed by atoms with van der Waals surface area (Å²) in [6, 6.07) is 3.59. The van der Waals surface area contributed by atoms with Crippen molar-refractivity contribution in [1.29, 1.82) is 0 Å². The summed E-state index contributed by atoms with van der Waals surface area (Å²) in [7, 11) is -3.35. The number of hydrogen-bond acceptors (Lipinski definition) is 5. The fourth-order valence-electron chi connectivity index (χ4n) is 2.53. The summed E-state index contributed by atoms with van der Waals surface area (Å²) in [4.78, 5) is 11.9. The topological polar surface area (TPSA) is 92.6 Å². The summed E-state index contributed by atoms with van der Waals surface area (Å²) in [6.45, 7) is 0.795. The molecule has 0 spiro atoms. The van der Waals surface area contributed by atoms with E-state index in [0.717, 1.165) is 12.3 Å². The molecule has 1 saturated heterocycles. The average molecular weight is 317 g/mol. The summed E-state index contributed by atoms with van der Waals surface area (Å²) >= 11 is 0. The fourth-order valence-corrected chi connectivity index (χ4v) is 3.33. The van der Waals surface area contributed by atoms with Gasteiger partial charge in [-0.25, -0.2) is 13.1 Å². The van der Waals surface area contributed by atoms with Crippen LogP contribution in [0.4, 0.5) is 15.8 Å². The molecule has 7 nitrogen and oxygen atoms in total. The third-order valence-electron chi connectivity index (χ3n) is 3.29. The third-order valence-corrected chi connectivity index (χ3v) is 4.05. The van der Waals surface area contributed by atoms with E-state index in [2.05, 4.69) is 4.72 Å². The van der Waals surface area contributed by atoms with E-state index < -0.39 is 26.5 Å². The molecule has 1 N–H and O–H groups in total. The number of hydrogen-bond donors (Lipinski definition) is 1. The van der Waals surface area contributed by atoms with Gasteiger partial charge in [-0.1, -0.05) is 6.07 Å². The second-order valence-electron chi connectivity index (χ2n) is 5.04. The zero-order chi connectivity index (χ0) is 15.6. The zero-order valence-corrected chi connectivity index (χ0v) is 12.3. The van der Waals surface area contributed by atoms with Crippen LogP contribution < -0.4 is 9.62 Å². The van der Waals surface area contributed by atoms with Crippen molar-refractivity contribution in [3.05, 3.63) is 34.1 Å². The Morgan fingerprint density at radius 1 is 1.48 bits per heavy atom. The number of nitro benzene ring substituents is 1. The highest BCUT2D eigenvalue weighted by atomic mass is 32.2. The number of nitrogens with zero attached hydrogens (tertiary/aromatic N) is 2. The maximum absolute atomic E-state index is 13.6. The fraction of sp³-hybridized carbons (Fsp3) is 0.500. The Balaban J connectivity index is 2.26. The minimum absolute atomic E-state index is 0.181. The lowest BCUT2D eigenvalue weighted by Gasteiger charge is -2.34. The van der Waals surface area contributed by atoms with Crippen molar-refractivity contribution in [2.75, 3.05) is 24.2 Å². The van der Waals surface area contributed by atoms with Gasteiger partial charge >= 0.3 is 5.69 Å². The summed E-state index contributed by atoms with van der Waals surface area (Å²) in [5.74, 6) is -0.893. The van der Waals surface area contributed by atoms with Crippen molar-refractivity contribution >= 4 is 21.4 Å². The number of nitrogens with one attached hydrogen (secondary N) is 1. The Labute approximate surface area is 122 Å². The first-order valence-electron chi connectivity index (χ1n) is 6.43. The first kappa shape index (κ1) is 15.6. The molecular formula is C12H16FN3O4S. The molecule has 0 bridgehead atoms. The maximum atomic E-state index is 13.6. The van der Waals surface area contributed by atoms with Gasteiger partial charge in [0.15, 0.2) is 0 Å². The van der Waals surface area contributed by atoms with Crippen molar-refractivity contribution in [1.82, 2.24) is 4.72 Å². The van der Waals surface area contributed by atoms with Gasteiger partial charge in [-0.15, -0.1) is 0 Å². The molecule has 21 heavy (non-hydrogen) atoms. The van der Waals surface area contributed by atoms with Crippen LogP contribution in [-0.4, -0.2) is 38.7 Å². The Morgan fingerprint density at radius 3 is 2.81 bits per heavy atom. The number of rotatable bonds is 4. The molecule has 0 radical (unpaired) electrons. The minimum Gasteiger partial charge on any atom is -0.364 e. The average Bonchev–Trinajstić information content (AvgIpc) is 2.36. The maximum Gasteiger partial charge on any atom is 0.327 e. The monoisotopic (exact) mass is 317 g/mol. The summed E-state index contributed by atoms with van der Waals surface area (Å²) in [5.41, 5.74) is -0.391. The van der Waals surface area contributed by atoms with E-state index in [1.165, 1.54) is 12.1 Å². The predicted octanol–water partition coefficient (Wildman–Crippen LogP) is 1.25. The summed E-state index contributed by atoms with van der Waals surface area (Å²) in [5, 5.41) is 11.0. The lowest BCUT2D eigenvalue weighted by Crippen LogP contribution is -2.47. The first-order chi connectivity index (χ1) is 9.78. The Bertz CT molecular complexity index is 650. The second-order valence-corrected chi connectivity index (χ2v) is 6.82. The molecule has 0 amide bonds. The number of piperidine rings is 1. The molecule has 1 atom stereocenters. The van der Waals surface area contributed by atoms with Crippen LogP contribution in [0.3, 0.4) is 0 Å². The van der Waals surface area contributed by atoms with Gasteiger partial charge in [-0.3, -0.25) is 10.1 Å². The molecule has 2 rings (SSSR count). The lowest BCUT2D eigenvalue weighted by molar-refractivity contribution is -0.386. The first-order valence-corrected chi connectivity index (χ1v) is 8.32. The van der Waals surface area contributed by atoms with Crippen LogP contribution in [0.25, 0.3) is 0 Å². The molecule has 1 aliphatic rings. The highest BCUT2D eigenvalue weighted by Crippen LogP contribution is 2.32. The molecule has 0 unspecified atom stereocenters. The minimum atomic E-state index is -3.35. The SMILES string of the molecule is CS(=O)(=O)N[C@H]1CCCN(c2cccc(F)c2[N+](=O)[O-])C1. The van der Waals surface area contributed by atoms with Crippen LogP contribution in [-0.2, 0) is 10.0 Å². The van der Waals surface area contributed by atoms with Crippen LogP contribution >= 0.6 is 0 Å².